The molecule has 0 saturated heterocycles. The van der Waals surface area contributed by atoms with Crippen molar-refractivity contribution in [2.75, 3.05) is 0 Å². The summed E-state index contributed by atoms with van der Waals surface area (Å²) >= 11 is 3.05. The van der Waals surface area contributed by atoms with Gasteiger partial charge in [0.1, 0.15) is 4.83 Å². The topological polar surface area (TPSA) is 78.9 Å². The highest BCUT2D eigenvalue weighted by molar-refractivity contribution is 7.98. The molecule has 160 valence electrons. The van der Waals surface area contributed by atoms with Gasteiger partial charge in [0.15, 0.2) is 5.16 Å². The van der Waals surface area contributed by atoms with E-state index >= 15 is 0 Å². The second-order valence-electron chi connectivity index (χ2n) is 7.76. The van der Waals surface area contributed by atoms with Gasteiger partial charge >= 0.3 is 5.69 Å². The molecule has 1 aliphatic rings. The Balaban J connectivity index is 1.74. The van der Waals surface area contributed by atoms with Crippen LogP contribution in [0.2, 0.25) is 0 Å². The Kier molecular flexibility index (Phi) is 6.02. The van der Waals surface area contributed by atoms with Crippen LogP contribution >= 0.6 is 23.1 Å². The summed E-state index contributed by atoms with van der Waals surface area (Å²) in [5.41, 5.74) is 1.19. The van der Waals surface area contributed by atoms with E-state index in [1.165, 1.54) is 39.9 Å². The summed E-state index contributed by atoms with van der Waals surface area (Å²) in [5.74, 6) is 0.401. The highest BCUT2D eigenvalue weighted by Gasteiger charge is 2.23. The van der Waals surface area contributed by atoms with Gasteiger partial charge in [-0.3, -0.25) is 23.3 Å². The van der Waals surface area contributed by atoms with E-state index in [4.69, 9.17) is 4.98 Å². The van der Waals surface area contributed by atoms with Gasteiger partial charge in [0.2, 0.25) is 0 Å². The average molecular weight is 447 g/mol. The smallest absolute Gasteiger partial charge is 0.300 e. The number of hydrogen-bond donors (Lipinski definition) is 0. The summed E-state index contributed by atoms with van der Waals surface area (Å²) in [4.78, 5) is 44.6. The number of unbranched alkanes of at least 4 members (excludes halogenated alkanes) is 2. The van der Waals surface area contributed by atoms with E-state index in [0.717, 1.165) is 53.3 Å². The number of rotatable bonds is 7. The van der Waals surface area contributed by atoms with Gasteiger partial charge in [-0.2, -0.15) is 0 Å². The molecule has 0 spiro atoms. The van der Waals surface area contributed by atoms with Crippen LogP contribution in [0.25, 0.3) is 10.2 Å². The monoisotopic (exact) mass is 446 g/mol. The molecule has 1 aliphatic carbocycles. The van der Waals surface area contributed by atoms with Gasteiger partial charge in [0.05, 0.1) is 5.39 Å². The first-order valence-corrected chi connectivity index (χ1v) is 12.2. The molecule has 0 bridgehead atoms. The highest BCUT2D eigenvalue weighted by atomic mass is 32.2. The third kappa shape index (κ3) is 3.69. The van der Waals surface area contributed by atoms with Crippen molar-refractivity contribution < 1.29 is 0 Å². The van der Waals surface area contributed by atoms with Crippen LogP contribution < -0.4 is 16.8 Å². The van der Waals surface area contributed by atoms with Crippen LogP contribution in [0.3, 0.4) is 0 Å². The van der Waals surface area contributed by atoms with Crippen molar-refractivity contribution in [3.63, 3.8) is 0 Å². The zero-order valence-corrected chi connectivity index (χ0v) is 19.2. The zero-order chi connectivity index (χ0) is 21.4. The lowest BCUT2D eigenvalue weighted by molar-refractivity contribution is 0.541. The summed E-state index contributed by atoms with van der Waals surface area (Å²) in [6, 6.07) is 1.48. The molecule has 30 heavy (non-hydrogen) atoms. The van der Waals surface area contributed by atoms with Gasteiger partial charge in [0, 0.05) is 43.0 Å². The van der Waals surface area contributed by atoms with Gasteiger partial charge in [-0.25, -0.2) is 9.78 Å². The lowest BCUT2D eigenvalue weighted by Crippen LogP contribution is -2.37. The maximum Gasteiger partial charge on any atom is 0.330 e. The lowest BCUT2D eigenvalue weighted by Gasteiger charge is -2.13. The van der Waals surface area contributed by atoms with E-state index < -0.39 is 0 Å². The largest absolute Gasteiger partial charge is 0.330 e. The minimum absolute atomic E-state index is 0.0517. The molecule has 7 nitrogen and oxygen atoms in total. The minimum Gasteiger partial charge on any atom is -0.300 e. The summed E-state index contributed by atoms with van der Waals surface area (Å²) in [5, 5.41) is 1.46. The molecule has 0 aromatic carbocycles. The molecule has 4 rings (SSSR count). The maximum absolute atomic E-state index is 13.4. The molecule has 9 heteroatoms. The summed E-state index contributed by atoms with van der Waals surface area (Å²) in [6.45, 7) is 2.78. The molecule has 0 saturated carbocycles. The van der Waals surface area contributed by atoms with Crippen molar-refractivity contribution in [3.8, 4) is 0 Å². The van der Waals surface area contributed by atoms with Gasteiger partial charge in [-0.15, -0.1) is 11.3 Å². The Morgan fingerprint density at radius 3 is 2.70 bits per heavy atom. The molecule has 3 heterocycles. The van der Waals surface area contributed by atoms with Crippen LogP contribution in [0, 0.1) is 0 Å². The molecule has 3 aromatic rings. The van der Waals surface area contributed by atoms with Gasteiger partial charge in [-0.1, -0.05) is 31.5 Å². The molecular formula is C21H26N4O3S2. The van der Waals surface area contributed by atoms with Crippen LogP contribution in [0.4, 0.5) is 0 Å². The van der Waals surface area contributed by atoms with Crippen LogP contribution in [0.1, 0.15) is 48.7 Å². The standard InChI is InChI=1S/C21H26N4O3S2/c1-4-5-6-10-25-19(27)17-14-8-7-9-15(14)30-18(17)22-20(25)29-12-13-11-16(26)24(3)21(28)23(13)2/h11H,4-10,12H2,1-3H3. The number of thioether (sulfide) groups is 1. The highest BCUT2D eigenvalue weighted by Crippen LogP contribution is 2.35. The molecule has 0 atom stereocenters. The normalized spacial score (nSPS) is 13.3. The van der Waals surface area contributed by atoms with Crippen molar-refractivity contribution in [2.45, 2.75) is 62.9 Å². The fraction of sp³-hybridized carbons (Fsp3) is 0.524. The molecule has 0 N–H and O–H groups in total. The van der Waals surface area contributed by atoms with E-state index in [9.17, 15) is 14.4 Å². The van der Waals surface area contributed by atoms with E-state index in [-0.39, 0.29) is 16.8 Å². The predicted molar refractivity (Wildman–Crippen MR) is 122 cm³/mol. The Morgan fingerprint density at radius 1 is 1.13 bits per heavy atom. The second-order valence-corrected chi connectivity index (χ2v) is 9.79. The Bertz CT molecular complexity index is 1280. The van der Waals surface area contributed by atoms with Gasteiger partial charge < -0.3 is 0 Å². The molecular weight excluding hydrogens is 420 g/mol. The third-order valence-electron chi connectivity index (χ3n) is 5.75. The molecule has 0 amide bonds. The van der Waals surface area contributed by atoms with E-state index in [0.29, 0.717) is 23.1 Å². The van der Waals surface area contributed by atoms with E-state index in [1.54, 1.807) is 23.0 Å². The first-order valence-electron chi connectivity index (χ1n) is 10.4. The van der Waals surface area contributed by atoms with Crippen LogP contribution in [0.5, 0.6) is 0 Å². The van der Waals surface area contributed by atoms with Gasteiger partial charge in [-0.05, 0) is 31.2 Å². The Labute approximate surface area is 182 Å². The first kappa shape index (κ1) is 21.1. The fourth-order valence-corrected chi connectivity index (χ4v) is 6.29. The number of nitrogens with zero attached hydrogens (tertiary/aromatic N) is 4. The number of hydrogen-bond acceptors (Lipinski definition) is 6. The van der Waals surface area contributed by atoms with E-state index in [2.05, 4.69) is 6.92 Å². The zero-order valence-electron chi connectivity index (χ0n) is 17.6. The van der Waals surface area contributed by atoms with Crippen LogP contribution in [-0.4, -0.2) is 18.7 Å². The fourth-order valence-electron chi connectivity index (χ4n) is 3.94. The number of fused-ring (bicyclic) bond motifs is 3. The summed E-state index contributed by atoms with van der Waals surface area (Å²) in [7, 11) is 3.13. The Hall–Kier alpha value is -2.13. The van der Waals surface area contributed by atoms with Crippen LogP contribution in [-0.2, 0) is 39.2 Å². The quantitative estimate of drug-likeness (QED) is 0.317. The molecule has 0 unspecified atom stereocenters. The molecule has 0 radical (unpaired) electrons. The number of aryl methyl sites for hydroxylation is 2. The SMILES string of the molecule is CCCCCn1c(SCc2cc(=O)n(C)c(=O)n2C)nc2sc3c(c2c1=O)CCC3. The molecule has 0 fully saturated rings. The van der Waals surface area contributed by atoms with Crippen LogP contribution in [0.15, 0.2) is 25.6 Å². The third-order valence-corrected chi connectivity index (χ3v) is 7.95. The average Bonchev–Trinajstić information content (AvgIpc) is 3.31. The van der Waals surface area contributed by atoms with Crippen molar-refractivity contribution in [1.29, 1.82) is 0 Å². The lowest BCUT2D eigenvalue weighted by atomic mass is 10.2. The van der Waals surface area contributed by atoms with Crippen molar-refractivity contribution in [2.24, 2.45) is 14.1 Å². The minimum atomic E-state index is -0.350. The number of aromatic nitrogens is 4. The maximum atomic E-state index is 13.4. The summed E-state index contributed by atoms with van der Waals surface area (Å²) in [6.07, 6.45) is 6.16. The molecule has 0 aliphatic heterocycles. The second kappa shape index (κ2) is 8.55. The van der Waals surface area contributed by atoms with Crippen molar-refractivity contribution in [3.05, 3.63) is 53.4 Å². The predicted octanol–water partition coefficient (Wildman–Crippen LogP) is 2.83. The van der Waals surface area contributed by atoms with E-state index in [1.807, 2.05) is 0 Å². The van der Waals surface area contributed by atoms with Crippen molar-refractivity contribution in [1.82, 2.24) is 18.7 Å². The summed E-state index contributed by atoms with van der Waals surface area (Å²) < 4.78 is 4.37. The van der Waals surface area contributed by atoms with Crippen molar-refractivity contribution >= 4 is 33.3 Å². The Morgan fingerprint density at radius 2 is 1.93 bits per heavy atom. The molecule has 3 aromatic heterocycles. The van der Waals surface area contributed by atoms with Gasteiger partial charge in [0.25, 0.3) is 11.1 Å². The number of thiophene rings is 1. The first-order chi connectivity index (χ1) is 14.4.